The molecule has 0 aliphatic rings. The monoisotopic (exact) mass is 533 g/mol. The Morgan fingerprint density at radius 1 is 1.03 bits per heavy atom. The number of carbonyl (C=O) groups excluding carboxylic acids is 1. The first-order chi connectivity index (χ1) is 17.6. The van der Waals surface area contributed by atoms with E-state index in [2.05, 4.69) is 5.32 Å². The Morgan fingerprint density at radius 3 is 2.38 bits per heavy atom. The van der Waals surface area contributed by atoms with Gasteiger partial charge in [-0.05, 0) is 61.0 Å². The summed E-state index contributed by atoms with van der Waals surface area (Å²) < 4.78 is 62.1. The summed E-state index contributed by atoms with van der Waals surface area (Å²) >= 11 is 6.04. The number of benzene rings is 3. The molecule has 0 radical (unpaired) electrons. The molecule has 0 saturated heterocycles. The van der Waals surface area contributed by atoms with Crippen LogP contribution in [-0.4, -0.2) is 19.6 Å². The number of amides is 1. The van der Waals surface area contributed by atoms with E-state index in [1.807, 2.05) is 0 Å². The molecule has 0 saturated carbocycles. The second-order valence-electron chi connectivity index (χ2n) is 7.77. The largest absolute Gasteiger partial charge is 0.497 e. The Labute approximate surface area is 213 Å². The number of methoxy groups -OCH3 is 1. The summed E-state index contributed by atoms with van der Waals surface area (Å²) in [6.07, 6.45) is -5.03. The molecule has 0 atom stereocenters. The van der Waals surface area contributed by atoms with Crippen molar-refractivity contribution in [1.82, 2.24) is 0 Å². The molecule has 192 valence electrons. The number of hydrogen-bond acceptors (Lipinski definition) is 6. The fourth-order valence-corrected chi connectivity index (χ4v) is 3.54. The summed E-state index contributed by atoms with van der Waals surface area (Å²) in [7, 11) is 1.43. The second kappa shape index (κ2) is 10.4. The molecule has 4 aromatic rings. The molecule has 0 aliphatic carbocycles. The highest BCUT2D eigenvalue weighted by Crippen LogP contribution is 2.39. The van der Waals surface area contributed by atoms with Crippen LogP contribution in [0.15, 0.2) is 69.9 Å². The Bertz CT molecular complexity index is 1520. The van der Waals surface area contributed by atoms with Crippen LogP contribution in [0.25, 0.3) is 11.0 Å². The lowest BCUT2D eigenvalue weighted by atomic mass is 10.2. The predicted molar refractivity (Wildman–Crippen MR) is 131 cm³/mol. The maximum absolute atomic E-state index is 13.8. The maximum Gasteiger partial charge on any atom is 0.453 e. The van der Waals surface area contributed by atoms with Crippen LogP contribution in [0.2, 0.25) is 5.02 Å². The summed E-state index contributed by atoms with van der Waals surface area (Å²) in [5, 5.41) is 2.95. The van der Waals surface area contributed by atoms with Gasteiger partial charge in [0.05, 0.1) is 12.5 Å². The van der Waals surface area contributed by atoms with E-state index < -0.39 is 35.6 Å². The van der Waals surface area contributed by atoms with Gasteiger partial charge in [-0.3, -0.25) is 9.59 Å². The van der Waals surface area contributed by atoms with Crippen molar-refractivity contribution in [2.45, 2.75) is 13.1 Å². The number of nitrogens with one attached hydrogen (secondary N) is 1. The molecule has 1 N–H and O–H groups in total. The molecule has 4 rings (SSSR count). The van der Waals surface area contributed by atoms with E-state index in [1.54, 1.807) is 25.1 Å². The number of anilines is 1. The standard InChI is InChI=1S/C26H19ClF3NO6/c1-14-19(27)4-3-5-20(14)31-22(32)13-35-17-10-11-18-21(12-17)37-25(26(28,29)30)24(23(18)33)36-16-8-6-15(34-2)7-9-16/h3-12H,13H2,1-2H3,(H,31,32). The van der Waals surface area contributed by atoms with E-state index in [4.69, 9.17) is 30.2 Å². The highest BCUT2D eigenvalue weighted by atomic mass is 35.5. The summed E-state index contributed by atoms with van der Waals surface area (Å²) in [6, 6.07) is 14.3. The lowest BCUT2D eigenvalue weighted by Gasteiger charge is -2.14. The number of carbonyl (C=O) groups is 1. The van der Waals surface area contributed by atoms with Crippen molar-refractivity contribution >= 4 is 34.2 Å². The number of fused-ring (bicyclic) bond motifs is 1. The first kappa shape index (κ1) is 25.9. The Balaban J connectivity index is 1.59. The van der Waals surface area contributed by atoms with Gasteiger partial charge in [-0.25, -0.2) is 0 Å². The zero-order chi connectivity index (χ0) is 26.7. The molecule has 1 amide bonds. The molecule has 0 fully saturated rings. The first-order valence-electron chi connectivity index (χ1n) is 10.7. The summed E-state index contributed by atoms with van der Waals surface area (Å²) in [5.74, 6) is -2.67. The van der Waals surface area contributed by atoms with E-state index in [9.17, 15) is 22.8 Å². The zero-order valence-corrected chi connectivity index (χ0v) is 20.2. The predicted octanol–water partition coefficient (Wildman–Crippen LogP) is 6.59. The number of hydrogen-bond donors (Lipinski definition) is 1. The molecule has 0 bridgehead atoms. The van der Waals surface area contributed by atoms with Gasteiger partial charge in [0.1, 0.15) is 22.8 Å². The van der Waals surface area contributed by atoms with Crippen LogP contribution in [0.3, 0.4) is 0 Å². The van der Waals surface area contributed by atoms with Crippen molar-refractivity contribution in [3.63, 3.8) is 0 Å². The van der Waals surface area contributed by atoms with Crippen LogP contribution >= 0.6 is 11.6 Å². The van der Waals surface area contributed by atoms with E-state index in [0.717, 1.165) is 6.07 Å². The van der Waals surface area contributed by atoms with Crippen molar-refractivity contribution < 1.29 is 36.6 Å². The molecule has 0 aliphatic heterocycles. The molecule has 1 aromatic heterocycles. The molecular weight excluding hydrogens is 515 g/mol. The third kappa shape index (κ3) is 5.80. The van der Waals surface area contributed by atoms with Gasteiger partial charge in [-0.2, -0.15) is 13.2 Å². The molecule has 37 heavy (non-hydrogen) atoms. The smallest absolute Gasteiger partial charge is 0.453 e. The van der Waals surface area contributed by atoms with Crippen molar-refractivity contribution in [2.75, 3.05) is 19.0 Å². The van der Waals surface area contributed by atoms with Crippen molar-refractivity contribution in [2.24, 2.45) is 0 Å². The summed E-state index contributed by atoms with van der Waals surface area (Å²) in [4.78, 5) is 25.2. The molecule has 3 aromatic carbocycles. The normalized spacial score (nSPS) is 11.3. The Kier molecular flexibility index (Phi) is 7.30. The number of alkyl halides is 3. The number of rotatable bonds is 7. The molecule has 0 unspecified atom stereocenters. The third-order valence-electron chi connectivity index (χ3n) is 5.27. The van der Waals surface area contributed by atoms with Crippen LogP contribution < -0.4 is 25.0 Å². The first-order valence-corrected chi connectivity index (χ1v) is 11.1. The topological polar surface area (TPSA) is 87.0 Å². The Morgan fingerprint density at radius 2 is 1.70 bits per heavy atom. The number of halogens is 4. The lowest BCUT2D eigenvalue weighted by Crippen LogP contribution is -2.20. The van der Waals surface area contributed by atoms with Gasteiger partial charge in [0.2, 0.25) is 11.2 Å². The molecule has 0 spiro atoms. The number of ether oxygens (including phenoxy) is 3. The van der Waals surface area contributed by atoms with Crippen molar-refractivity contribution in [3.05, 3.63) is 87.2 Å². The third-order valence-corrected chi connectivity index (χ3v) is 5.68. The van der Waals surface area contributed by atoms with Crippen LogP contribution in [0, 0.1) is 6.92 Å². The highest BCUT2D eigenvalue weighted by Gasteiger charge is 2.40. The van der Waals surface area contributed by atoms with E-state index in [1.165, 1.54) is 43.5 Å². The minimum Gasteiger partial charge on any atom is -0.497 e. The van der Waals surface area contributed by atoms with Crippen molar-refractivity contribution in [1.29, 1.82) is 0 Å². The average Bonchev–Trinajstić information content (AvgIpc) is 2.86. The van der Waals surface area contributed by atoms with Gasteiger partial charge in [0.25, 0.3) is 11.7 Å². The minimum absolute atomic E-state index is 0.0149. The fraction of sp³-hybridized carbons (Fsp3) is 0.154. The Hall–Kier alpha value is -4.18. The summed E-state index contributed by atoms with van der Waals surface area (Å²) in [5.41, 5.74) is -0.254. The van der Waals surface area contributed by atoms with E-state index >= 15 is 0 Å². The van der Waals surface area contributed by atoms with Crippen LogP contribution in [0.1, 0.15) is 11.3 Å². The van der Waals surface area contributed by atoms with Crippen LogP contribution in [0.5, 0.6) is 23.0 Å². The lowest BCUT2D eigenvalue weighted by molar-refractivity contribution is -0.154. The van der Waals surface area contributed by atoms with Gasteiger partial charge in [0.15, 0.2) is 6.61 Å². The second-order valence-corrected chi connectivity index (χ2v) is 8.18. The summed E-state index contributed by atoms with van der Waals surface area (Å²) in [6.45, 7) is 1.28. The molecule has 11 heteroatoms. The quantitative estimate of drug-likeness (QED) is 0.288. The molecule has 7 nitrogen and oxygen atoms in total. The molecular formula is C26H19ClF3NO6. The molecule has 1 heterocycles. The maximum atomic E-state index is 13.8. The van der Waals surface area contributed by atoms with Crippen molar-refractivity contribution in [3.8, 4) is 23.0 Å². The van der Waals surface area contributed by atoms with Gasteiger partial charge in [0, 0.05) is 16.8 Å². The highest BCUT2D eigenvalue weighted by molar-refractivity contribution is 6.31. The van der Waals surface area contributed by atoms with E-state index in [-0.39, 0.29) is 22.5 Å². The fourth-order valence-electron chi connectivity index (χ4n) is 3.37. The van der Waals surface area contributed by atoms with Gasteiger partial charge < -0.3 is 23.9 Å². The van der Waals surface area contributed by atoms with Gasteiger partial charge in [-0.15, -0.1) is 0 Å². The van der Waals surface area contributed by atoms with Crippen LogP contribution in [0.4, 0.5) is 18.9 Å². The van der Waals surface area contributed by atoms with Gasteiger partial charge >= 0.3 is 6.18 Å². The average molecular weight is 534 g/mol. The minimum atomic E-state index is -5.03. The van der Waals surface area contributed by atoms with Crippen LogP contribution in [-0.2, 0) is 11.0 Å². The van der Waals surface area contributed by atoms with Gasteiger partial charge in [-0.1, -0.05) is 17.7 Å². The van der Waals surface area contributed by atoms with E-state index in [0.29, 0.717) is 22.0 Å². The SMILES string of the molecule is COc1ccc(Oc2c(C(F)(F)F)oc3cc(OCC(=O)Nc4cccc(Cl)c4C)ccc3c2=O)cc1. The zero-order valence-electron chi connectivity index (χ0n) is 19.4.